The highest BCUT2D eigenvalue weighted by atomic mass is 19.4. The molecule has 0 radical (unpaired) electrons. The van der Waals surface area contributed by atoms with E-state index in [2.05, 4.69) is 15.3 Å². The molecule has 190 valence electrons. The fourth-order valence-corrected chi connectivity index (χ4v) is 3.91. The van der Waals surface area contributed by atoms with Gasteiger partial charge in [0.05, 0.1) is 30.2 Å². The van der Waals surface area contributed by atoms with Crippen molar-refractivity contribution < 1.29 is 31.5 Å². The van der Waals surface area contributed by atoms with Crippen LogP contribution < -0.4 is 5.32 Å². The second kappa shape index (κ2) is 9.93. The quantitative estimate of drug-likeness (QED) is 0.511. The van der Waals surface area contributed by atoms with Crippen LogP contribution in [0.1, 0.15) is 33.6 Å². The number of benzene rings is 1. The van der Waals surface area contributed by atoms with E-state index in [9.17, 15) is 31.5 Å². The monoisotopic (exact) mass is 515 g/mol. The third-order valence-corrected chi connectivity index (χ3v) is 5.69. The number of nitrogens with one attached hydrogen (secondary N) is 1. The second-order valence-electron chi connectivity index (χ2n) is 8.35. The first-order valence-electron chi connectivity index (χ1n) is 10.9. The number of halogens is 5. The zero-order chi connectivity index (χ0) is 26.8. The van der Waals surface area contributed by atoms with E-state index in [0.29, 0.717) is 16.5 Å². The van der Waals surface area contributed by atoms with Gasteiger partial charge < -0.3 is 10.2 Å². The average Bonchev–Trinajstić information content (AvgIpc) is 3.19. The number of hydrogen-bond acceptors (Lipinski definition) is 5. The molecule has 4 rings (SSSR count). The molecule has 2 aromatic heterocycles. The molecule has 1 unspecified atom stereocenters. The highest BCUT2D eigenvalue weighted by molar-refractivity contribution is 6.07. The van der Waals surface area contributed by atoms with E-state index in [0.717, 1.165) is 17.2 Å². The number of alkyl halides is 5. The van der Waals surface area contributed by atoms with Crippen LogP contribution in [0.2, 0.25) is 0 Å². The summed E-state index contributed by atoms with van der Waals surface area (Å²) in [6, 6.07) is 9.02. The Morgan fingerprint density at radius 1 is 1.11 bits per heavy atom. The van der Waals surface area contributed by atoms with E-state index in [4.69, 9.17) is 5.26 Å². The lowest BCUT2D eigenvalue weighted by Crippen LogP contribution is -2.43. The van der Waals surface area contributed by atoms with Gasteiger partial charge in [-0.1, -0.05) is 18.2 Å². The van der Waals surface area contributed by atoms with Crippen molar-refractivity contribution in [1.29, 1.82) is 5.26 Å². The van der Waals surface area contributed by atoms with Crippen LogP contribution in [0.5, 0.6) is 0 Å². The minimum atomic E-state index is -4.58. The molecular formula is C25H18F5N5O2. The summed E-state index contributed by atoms with van der Waals surface area (Å²) in [5.74, 6) is -4.64. The number of aromatic nitrogens is 2. The molecule has 1 fully saturated rings. The third kappa shape index (κ3) is 5.88. The van der Waals surface area contributed by atoms with Crippen molar-refractivity contribution in [3.63, 3.8) is 0 Å². The van der Waals surface area contributed by atoms with Crippen molar-refractivity contribution in [2.75, 3.05) is 13.1 Å². The standard InChI is InChI=1S/C25H18F5N5O2/c26-24(27)11-17(12-31)35(14-24)22(36)13-34-23(37)18-6-8-32-20-4-3-15(9-19(18)20)1-2-16-5-7-33-21(10-16)25(28,29)30/h1-10,17H,11,13-14H2,(H,34,37)/b2-1+. The van der Waals surface area contributed by atoms with Gasteiger partial charge in [-0.25, -0.2) is 8.78 Å². The third-order valence-electron chi connectivity index (χ3n) is 5.69. The Labute approximate surface area is 207 Å². The lowest BCUT2D eigenvalue weighted by atomic mass is 10.0. The first-order chi connectivity index (χ1) is 17.5. The molecule has 0 aliphatic carbocycles. The van der Waals surface area contributed by atoms with Crippen LogP contribution in [-0.4, -0.2) is 51.7 Å². The van der Waals surface area contributed by atoms with Gasteiger partial charge in [0.15, 0.2) is 0 Å². The molecule has 0 bridgehead atoms. The van der Waals surface area contributed by atoms with E-state index in [-0.39, 0.29) is 11.1 Å². The Hall–Kier alpha value is -4.40. The van der Waals surface area contributed by atoms with Gasteiger partial charge in [0.2, 0.25) is 5.91 Å². The summed E-state index contributed by atoms with van der Waals surface area (Å²) < 4.78 is 65.9. The van der Waals surface area contributed by atoms with Gasteiger partial charge in [-0.05, 0) is 41.5 Å². The molecule has 3 aromatic rings. The molecule has 2 amide bonds. The van der Waals surface area contributed by atoms with Crippen LogP contribution >= 0.6 is 0 Å². The smallest absolute Gasteiger partial charge is 0.343 e. The maximum absolute atomic E-state index is 13.6. The maximum atomic E-state index is 13.6. The van der Waals surface area contributed by atoms with Crippen molar-refractivity contribution in [3.8, 4) is 6.07 Å². The van der Waals surface area contributed by atoms with Crippen LogP contribution in [-0.2, 0) is 11.0 Å². The number of hydrogen-bond donors (Lipinski definition) is 1. The number of amides is 2. The van der Waals surface area contributed by atoms with Crippen molar-refractivity contribution in [2.45, 2.75) is 24.6 Å². The number of likely N-dealkylation sites (tertiary alicyclic amines) is 1. The molecule has 1 atom stereocenters. The van der Waals surface area contributed by atoms with Gasteiger partial charge in [0, 0.05) is 24.2 Å². The van der Waals surface area contributed by atoms with Gasteiger partial charge in [-0.2, -0.15) is 18.4 Å². The van der Waals surface area contributed by atoms with Crippen LogP contribution in [0.3, 0.4) is 0 Å². The molecular weight excluding hydrogens is 497 g/mol. The lowest BCUT2D eigenvalue weighted by Gasteiger charge is -2.19. The molecule has 7 nitrogen and oxygen atoms in total. The van der Waals surface area contributed by atoms with Crippen LogP contribution in [0.25, 0.3) is 23.1 Å². The number of carbonyl (C=O) groups excluding carboxylic acids is 2. The Morgan fingerprint density at radius 2 is 1.81 bits per heavy atom. The predicted octanol–water partition coefficient (Wildman–Crippen LogP) is 4.31. The lowest BCUT2D eigenvalue weighted by molar-refractivity contribution is -0.141. The van der Waals surface area contributed by atoms with Crippen LogP contribution in [0.15, 0.2) is 48.8 Å². The van der Waals surface area contributed by atoms with Gasteiger partial charge >= 0.3 is 6.18 Å². The van der Waals surface area contributed by atoms with Crippen molar-refractivity contribution in [2.24, 2.45) is 0 Å². The molecule has 3 heterocycles. The molecule has 37 heavy (non-hydrogen) atoms. The first kappa shape index (κ1) is 25.7. The molecule has 0 spiro atoms. The number of rotatable bonds is 5. The summed E-state index contributed by atoms with van der Waals surface area (Å²) >= 11 is 0. The summed E-state index contributed by atoms with van der Waals surface area (Å²) in [5.41, 5.74) is 0.410. The summed E-state index contributed by atoms with van der Waals surface area (Å²) in [5, 5.41) is 11.9. The highest BCUT2D eigenvalue weighted by Gasteiger charge is 2.47. The number of pyridine rings is 2. The van der Waals surface area contributed by atoms with Crippen molar-refractivity contribution >= 4 is 34.9 Å². The molecule has 1 aliphatic rings. The van der Waals surface area contributed by atoms with E-state index >= 15 is 0 Å². The normalized spacial score (nSPS) is 17.2. The van der Waals surface area contributed by atoms with Crippen LogP contribution in [0, 0.1) is 11.3 Å². The van der Waals surface area contributed by atoms with Crippen molar-refractivity contribution in [3.05, 3.63) is 71.2 Å². The average molecular weight is 515 g/mol. The fourth-order valence-electron chi connectivity index (χ4n) is 3.91. The van der Waals surface area contributed by atoms with E-state index in [1.54, 1.807) is 30.3 Å². The molecule has 1 saturated heterocycles. The summed E-state index contributed by atoms with van der Waals surface area (Å²) in [6.07, 6.45) is 0.126. The Bertz CT molecular complexity index is 1430. The number of carbonyl (C=O) groups is 2. The van der Waals surface area contributed by atoms with E-state index in [1.807, 2.05) is 0 Å². The Kier molecular flexibility index (Phi) is 6.89. The van der Waals surface area contributed by atoms with E-state index < -0.39 is 55.2 Å². The minimum Gasteiger partial charge on any atom is -0.343 e. The largest absolute Gasteiger partial charge is 0.433 e. The summed E-state index contributed by atoms with van der Waals surface area (Å²) in [6.45, 7) is -1.48. The molecule has 12 heteroatoms. The molecule has 1 N–H and O–H groups in total. The van der Waals surface area contributed by atoms with Gasteiger partial charge in [0.25, 0.3) is 11.8 Å². The highest BCUT2D eigenvalue weighted by Crippen LogP contribution is 2.32. The fraction of sp³-hybridized carbons (Fsp3) is 0.240. The van der Waals surface area contributed by atoms with Crippen LogP contribution in [0.4, 0.5) is 22.0 Å². The van der Waals surface area contributed by atoms with Gasteiger partial charge in [0.1, 0.15) is 11.7 Å². The molecule has 1 aliphatic heterocycles. The van der Waals surface area contributed by atoms with E-state index in [1.165, 1.54) is 24.4 Å². The van der Waals surface area contributed by atoms with Gasteiger partial charge in [-0.3, -0.25) is 19.6 Å². The summed E-state index contributed by atoms with van der Waals surface area (Å²) in [4.78, 5) is 33.5. The second-order valence-corrected chi connectivity index (χ2v) is 8.35. The topological polar surface area (TPSA) is 99.0 Å². The first-order valence-corrected chi connectivity index (χ1v) is 10.9. The zero-order valence-corrected chi connectivity index (χ0v) is 19.0. The number of nitrogens with zero attached hydrogens (tertiary/aromatic N) is 4. The Morgan fingerprint density at radius 3 is 2.51 bits per heavy atom. The predicted molar refractivity (Wildman–Crippen MR) is 123 cm³/mol. The Balaban J connectivity index is 1.51. The SMILES string of the molecule is N#CC1CC(F)(F)CN1C(=O)CNC(=O)c1ccnc2ccc(/C=C/c3ccnc(C(F)(F)F)c3)cc12. The summed E-state index contributed by atoms with van der Waals surface area (Å²) in [7, 11) is 0. The number of fused-ring (bicyclic) bond motifs is 1. The number of nitriles is 1. The zero-order valence-electron chi connectivity index (χ0n) is 19.0. The minimum absolute atomic E-state index is 0.153. The molecule has 0 saturated carbocycles. The van der Waals surface area contributed by atoms with Gasteiger partial charge in [-0.15, -0.1) is 0 Å². The van der Waals surface area contributed by atoms with Crippen molar-refractivity contribution in [1.82, 2.24) is 20.2 Å². The molecule has 1 aromatic carbocycles. The maximum Gasteiger partial charge on any atom is 0.433 e.